The molecule has 0 aliphatic carbocycles. The van der Waals surface area contributed by atoms with E-state index in [0.717, 1.165) is 11.3 Å². The number of amides is 1. The number of carbonyl (C=O) groups excluding carboxylic acids is 1. The Labute approximate surface area is 133 Å². The number of thiazole rings is 1. The number of rotatable bonds is 6. The maximum atomic E-state index is 11.7. The van der Waals surface area contributed by atoms with Crippen molar-refractivity contribution in [1.82, 2.24) is 10.4 Å². The van der Waals surface area contributed by atoms with Crippen LogP contribution in [0, 0.1) is 0 Å². The van der Waals surface area contributed by atoms with Crippen molar-refractivity contribution in [1.29, 1.82) is 0 Å². The Morgan fingerprint density at radius 2 is 2.36 bits per heavy atom. The highest BCUT2D eigenvalue weighted by atomic mass is 32.1. The van der Waals surface area contributed by atoms with Gasteiger partial charge in [0.15, 0.2) is 5.13 Å². The molecule has 7 heteroatoms. The van der Waals surface area contributed by atoms with Gasteiger partial charge in [0.25, 0.3) is 0 Å². The van der Waals surface area contributed by atoms with Gasteiger partial charge in [-0.25, -0.2) is 10.4 Å². The molecule has 1 heterocycles. The third-order valence-electron chi connectivity index (χ3n) is 2.54. The molecular weight excluding hydrogens is 300 g/mol. The Morgan fingerprint density at radius 1 is 1.55 bits per heavy atom. The monoisotopic (exact) mass is 318 g/mol. The zero-order valence-corrected chi connectivity index (χ0v) is 13.3. The summed E-state index contributed by atoms with van der Waals surface area (Å²) in [5, 5.41) is 6.14. The van der Waals surface area contributed by atoms with E-state index in [1.165, 1.54) is 11.3 Å². The maximum absolute atomic E-state index is 11.7. The van der Waals surface area contributed by atoms with Crippen LogP contribution in [0.2, 0.25) is 0 Å². The van der Waals surface area contributed by atoms with Crippen molar-refractivity contribution in [3.63, 3.8) is 0 Å². The number of ether oxygens (including phenoxy) is 1. The minimum Gasteiger partial charge on any atom is -0.491 e. The summed E-state index contributed by atoms with van der Waals surface area (Å²) in [6, 6.07) is 7.49. The Bertz CT molecular complexity index is 667. The second-order valence-electron chi connectivity index (χ2n) is 4.89. The number of aromatic nitrogens is 1. The van der Waals surface area contributed by atoms with Crippen LogP contribution < -0.4 is 15.9 Å². The van der Waals surface area contributed by atoms with E-state index < -0.39 is 0 Å². The Morgan fingerprint density at radius 3 is 3.05 bits per heavy atom. The number of hydrazone groups is 1. The van der Waals surface area contributed by atoms with Crippen molar-refractivity contribution in [3.05, 3.63) is 40.9 Å². The maximum Gasteiger partial charge on any atom is 0.246 e. The molecule has 1 aromatic heterocycles. The topological polar surface area (TPSA) is 89.6 Å². The normalized spacial score (nSPS) is 11.0. The van der Waals surface area contributed by atoms with Crippen molar-refractivity contribution >= 4 is 28.6 Å². The molecule has 0 saturated heterocycles. The predicted octanol–water partition coefficient (Wildman–Crippen LogP) is 2.21. The van der Waals surface area contributed by atoms with Crippen molar-refractivity contribution < 1.29 is 9.53 Å². The van der Waals surface area contributed by atoms with Gasteiger partial charge in [0.05, 0.1) is 24.4 Å². The SMILES string of the molecule is CC(C)Oc1cccc(/C=N/NC(=O)Cc2csc(N)n2)c1. The molecule has 2 aromatic rings. The average molecular weight is 318 g/mol. The third-order valence-corrected chi connectivity index (χ3v) is 3.27. The van der Waals surface area contributed by atoms with Gasteiger partial charge in [0.2, 0.25) is 5.91 Å². The number of carbonyl (C=O) groups is 1. The second-order valence-corrected chi connectivity index (χ2v) is 5.78. The summed E-state index contributed by atoms with van der Waals surface area (Å²) >= 11 is 1.31. The molecule has 6 nitrogen and oxygen atoms in total. The molecule has 0 radical (unpaired) electrons. The van der Waals surface area contributed by atoms with Gasteiger partial charge in [-0.1, -0.05) is 12.1 Å². The number of nitrogens with one attached hydrogen (secondary N) is 1. The fourth-order valence-electron chi connectivity index (χ4n) is 1.73. The highest BCUT2D eigenvalue weighted by Gasteiger charge is 2.05. The first-order valence-electron chi connectivity index (χ1n) is 6.81. The quantitative estimate of drug-likeness (QED) is 0.631. The zero-order chi connectivity index (χ0) is 15.9. The molecule has 0 aliphatic rings. The molecule has 116 valence electrons. The first-order valence-corrected chi connectivity index (χ1v) is 7.69. The summed E-state index contributed by atoms with van der Waals surface area (Å²) in [6.45, 7) is 3.93. The minimum absolute atomic E-state index is 0.109. The fraction of sp³-hybridized carbons (Fsp3) is 0.267. The van der Waals surface area contributed by atoms with Gasteiger partial charge in [0, 0.05) is 5.38 Å². The standard InChI is InChI=1S/C15H18N4O2S/c1-10(2)21-13-5-3-4-11(6-13)8-17-19-14(20)7-12-9-22-15(16)18-12/h3-6,8-10H,7H2,1-2H3,(H2,16,18)(H,19,20)/b17-8+. The third kappa shape index (κ3) is 5.17. The first kappa shape index (κ1) is 16.0. The van der Waals surface area contributed by atoms with Crippen LogP contribution in [0.1, 0.15) is 25.1 Å². The van der Waals surface area contributed by atoms with E-state index in [-0.39, 0.29) is 18.4 Å². The highest BCUT2D eigenvalue weighted by Crippen LogP contribution is 2.13. The molecule has 0 fully saturated rings. The second kappa shape index (κ2) is 7.56. The van der Waals surface area contributed by atoms with Crippen LogP contribution in [0.4, 0.5) is 5.13 Å². The molecule has 0 saturated carbocycles. The molecule has 1 amide bonds. The average Bonchev–Trinajstić information content (AvgIpc) is 2.83. The Hall–Kier alpha value is -2.41. The van der Waals surface area contributed by atoms with E-state index in [1.54, 1.807) is 11.6 Å². The molecule has 1 aromatic carbocycles. The fourth-order valence-corrected chi connectivity index (χ4v) is 2.29. The van der Waals surface area contributed by atoms with Crippen LogP contribution in [0.3, 0.4) is 0 Å². The first-order chi connectivity index (χ1) is 10.5. The predicted molar refractivity (Wildman–Crippen MR) is 88.2 cm³/mol. The van der Waals surface area contributed by atoms with Gasteiger partial charge in [-0.05, 0) is 31.5 Å². The molecular formula is C15H18N4O2S. The molecule has 0 atom stereocenters. The number of hydrogen-bond acceptors (Lipinski definition) is 6. The number of nitrogen functional groups attached to an aromatic ring is 1. The van der Waals surface area contributed by atoms with Crippen LogP contribution in [0.15, 0.2) is 34.7 Å². The summed E-state index contributed by atoms with van der Waals surface area (Å²) in [7, 11) is 0. The van der Waals surface area contributed by atoms with Gasteiger partial charge in [0.1, 0.15) is 5.75 Å². The number of nitrogens with two attached hydrogens (primary N) is 1. The Balaban J connectivity index is 1.87. The van der Waals surface area contributed by atoms with Crippen LogP contribution in [0.25, 0.3) is 0 Å². The molecule has 2 rings (SSSR count). The molecule has 0 aliphatic heterocycles. The molecule has 0 unspecified atom stereocenters. The Kier molecular flexibility index (Phi) is 5.48. The smallest absolute Gasteiger partial charge is 0.246 e. The summed E-state index contributed by atoms with van der Waals surface area (Å²) in [6.07, 6.45) is 1.83. The van der Waals surface area contributed by atoms with Crippen molar-refractivity contribution in [3.8, 4) is 5.75 Å². The van der Waals surface area contributed by atoms with Crippen LogP contribution in [-0.2, 0) is 11.2 Å². The number of nitrogens with zero attached hydrogens (tertiary/aromatic N) is 2. The lowest BCUT2D eigenvalue weighted by Gasteiger charge is -2.09. The zero-order valence-electron chi connectivity index (χ0n) is 12.4. The molecule has 3 N–H and O–H groups in total. The summed E-state index contributed by atoms with van der Waals surface area (Å²) in [5.74, 6) is 0.527. The highest BCUT2D eigenvalue weighted by molar-refractivity contribution is 7.13. The largest absolute Gasteiger partial charge is 0.491 e. The van der Waals surface area contributed by atoms with E-state index >= 15 is 0 Å². The van der Waals surface area contributed by atoms with Gasteiger partial charge in [-0.2, -0.15) is 5.10 Å². The van der Waals surface area contributed by atoms with Gasteiger partial charge < -0.3 is 10.5 Å². The number of anilines is 1. The van der Waals surface area contributed by atoms with Gasteiger partial charge in [-0.15, -0.1) is 11.3 Å². The van der Waals surface area contributed by atoms with Crippen molar-refractivity contribution in [2.45, 2.75) is 26.4 Å². The molecule has 0 bridgehead atoms. The lowest BCUT2D eigenvalue weighted by atomic mass is 10.2. The van der Waals surface area contributed by atoms with E-state index in [0.29, 0.717) is 10.8 Å². The van der Waals surface area contributed by atoms with Crippen molar-refractivity contribution in [2.75, 3.05) is 5.73 Å². The van der Waals surface area contributed by atoms with E-state index in [1.807, 2.05) is 38.1 Å². The molecule has 22 heavy (non-hydrogen) atoms. The van der Waals surface area contributed by atoms with Crippen LogP contribution >= 0.6 is 11.3 Å². The van der Waals surface area contributed by atoms with Crippen LogP contribution in [0.5, 0.6) is 5.75 Å². The van der Waals surface area contributed by atoms with E-state index in [9.17, 15) is 4.79 Å². The van der Waals surface area contributed by atoms with Crippen molar-refractivity contribution in [2.24, 2.45) is 5.10 Å². The number of benzene rings is 1. The summed E-state index contributed by atoms with van der Waals surface area (Å²) in [4.78, 5) is 15.7. The van der Waals surface area contributed by atoms with Crippen LogP contribution in [-0.4, -0.2) is 23.2 Å². The lowest BCUT2D eigenvalue weighted by Crippen LogP contribution is -2.19. The molecule has 0 spiro atoms. The number of hydrogen-bond donors (Lipinski definition) is 2. The van der Waals surface area contributed by atoms with Gasteiger partial charge in [-0.3, -0.25) is 4.79 Å². The summed E-state index contributed by atoms with van der Waals surface area (Å²) < 4.78 is 5.60. The van der Waals surface area contributed by atoms with Gasteiger partial charge >= 0.3 is 0 Å². The lowest BCUT2D eigenvalue weighted by molar-refractivity contribution is -0.120. The minimum atomic E-state index is -0.240. The summed E-state index contributed by atoms with van der Waals surface area (Å²) in [5.41, 5.74) is 9.46. The van der Waals surface area contributed by atoms with E-state index in [2.05, 4.69) is 15.5 Å². The van der Waals surface area contributed by atoms with E-state index in [4.69, 9.17) is 10.5 Å².